The molecular weight excluding hydrogens is 215 g/mol. The Morgan fingerprint density at radius 2 is 2.15 bits per heavy atom. The van der Waals surface area contributed by atoms with E-state index in [0.29, 0.717) is 19.5 Å². The third kappa shape index (κ3) is 6.31. The van der Waals surface area contributed by atoms with Crippen LogP contribution in [0.4, 0.5) is 0 Å². The standard InChI is InChI=1S/C7H8N2O2.2ClH/c10-6-11-4-1-7-5-8-2-3-9-7;;/h2-3,5-6H,1,4H2;2*1H. The van der Waals surface area contributed by atoms with Crippen molar-refractivity contribution in [2.45, 2.75) is 6.42 Å². The lowest BCUT2D eigenvalue weighted by molar-refractivity contribution is -0.128. The van der Waals surface area contributed by atoms with E-state index in [2.05, 4.69) is 14.7 Å². The van der Waals surface area contributed by atoms with E-state index >= 15 is 0 Å². The van der Waals surface area contributed by atoms with Crippen LogP contribution in [0.2, 0.25) is 0 Å². The van der Waals surface area contributed by atoms with Crippen molar-refractivity contribution in [3.05, 3.63) is 24.3 Å². The molecule has 1 aromatic heterocycles. The molecule has 0 aliphatic carbocycles. The van der Waals surface area contributed by atoms with Crippen LogP contribution in [-0.4, -0.2) is 23.0 Å². The second-order valence-corrected chi connectivity index (χ2v) is 1.91. The van der Waals surface area contributed by atoms with Crippen molar-refractivity contribution in [2.75, 3.05) is 6.61 Å². The number of hydrogen-bond acceptors (Lipinski definition) is 4. The molecule has 0 saturated carbocycles. The predicted molar refractivity (Wildman–Crippen MR) is 52.2 cm³/mol. The van der Waals surface area contributed by atoms with Crippen LogP contribution in [0.25, 0.3) is 0 Å². The summed E-state index contributed by atoms with van der Waals surface area (Å²) < 4.78 is 4.49. The predicted octanol–water partition coefficient (Wildman–Crippen LogP) is 1.04. The van der Waals surface area contributed by atoms with Crippen LogP contribution in [0.15, 0.2) is 18.6 Å². The van der Waals surface area contributed by atoms with Gasteiger partial charge in [0, 0.05) is 25.0 Å². The van der Waals surface area contributed by atoms with Gasteiger partial charge < -0.3 is 4.74 Å². The molecule has 0 aliphatic rings. The molecule has 0 N–H and O–H groups in total. The molecular formula is C7H10Cl2N2O2. The van der Waals surface area contributed by atoms with E-state index in [1.165, 1.54) is 0 Å². The van der Waals surface area contributed by atoms with Gasteiger partial charge in [0.1, 0.15) is 0 Å². The highest BCUT2D eigenvalue weighted by molar-refractivity contribution is 5.85. The van der Waals surface area contributed by atoms with Gasteiger partial charge in [-0.15, -0.1) is 24.8 Å². The van der Waals surface area contributed by atoms with Crippen molar-refractivity contribution in [3.8, 4) is 0 Å². The van der Waals surface area contributed by atoms with E-state index in [0.717, 1.165) is 5.69 Å². The summed E-state index contributed by atoms with van der Waals surface area (Å²) in [5, 5.41) is 0. The van der Waals surface area contributed by atoms with E-state index in [4.69, 9.17) is 0 Å². The Hall–Kier alpha value is -0.870. The van der Waals surface area contributed by atoms with Crippen molar-refractivity contribution in [1.82, 2.24) is 9.97 Å². The highest BCUT2D eigenvalue weighted by atomic mass is 35.5. The number of halogens is 2. The first-order chi connectivity index (χ1) is 5.43. The molecule has 0 atom stereocenters. The normalized spacial score (nSPS) is 7.69. The summed E-state index contributed by atoms with van der Waals surface area (Å²) in [6, 6.07) is 0. The first-order valence-corrected chi connectivity index (χ1v) is 3.23. The minimum absolute atomic E-state index is 0. The number of rotatable bonds is 4. The van der Waals surface area contributed by atoms with Crippen LogP contribution in [0.5, 0.6) is 0 Å². The van der Waals surface area contributed by atoms with Gasteiger partial charge >= 0.3 is 0 Å². The first-order valence-electron chi connectivity index (χ1n) is 3.23. The number of ether oxygens (including phenoxy) is 1. The third-order valence-corrected chi connectivity index (χ3v) is 1.16. The van der Waals surface area contributed by atoms with Crippen LogP contribution in [0.3, 0.4) is 0 Å². The second-order valence-electron chi connectivity index (χ2n) is 1.91. The zero-order chi connectivity index (χ0) is 7.94. The van der Waals surface area contributed by atoms with Crippen LogP contribution in [0.1, 0.15) is 5.69 Å². The van der Waals surface area contributed by atoms with E-state index < -0.39 is 0 Å². The van der Waals surface area contributed by atoms with Crippen LogP contribution >= 0.6 is 24.8 Å². The number of aromatic nitrogens is 2. The molecule has 0 unspecified atom stereocenters. The topological polar surface area (TPSA) is 52.1 Å². The maximum atomic E-state index is 9.74. The summed E-state index contributed by atoms with van der Waals surface area (Å²) in [6.07, 6.45) is 5.47. The highest BCUT2D eigenvalue weighted by Crippen LogP contribution is 1.90. The van der Waals surface area contributed by atoms with E-state index in [9.17, 15) is 4.79 Å². The molecule has 1 heterocycles. The molecule has 0 bridgehead atoms. The maximum absolute atomic E-state index is 9.74. The second kappa shape index (κ2) is 9.22. The molecule has 0 amide bonds. The molecule has 0 aromatic carbocycles. The van der Waals surface area contributed by atoms with Gasteiger partial charge in [0.25, 0.3) is 6.47 Å². The summed E-state index contributed by atoms with van der Waals surface area (Å²) in [7, 11) is 0. The molecule has 0 saturated heterocycles. The largest absolute Gasteiger partial charge is 0.467 e. The average Bonchev–Trinajstić information content (AvgIpc) is 2.07. The molecule has 1 aromatic rings. The Bertz CT molecular complexity index is 221. The zero-order valence-corrected chi connectivity index (χ0v) is 8.38. The van der Waals surface area contributed by atoms with Gasteiger partial charge in [-0.1, -0.05) is 0 Å². The lowest BCUT2D eigenvalue weighted by Gasteiger charge is -1.96. The summed E-state index contributed by atoms with van der Waals surface area (Å²) in [6.45, 7) is 0.790. The summed E-state index contributed by atoms with van der Waals surface area (Å²) in [4.78, 5) is 17.6. The van der Waals surface area contributed by atoms with Crippen molar-refractivity contribution >= 4 is 31.3 Å². The minimum atomic E-state index is 0. The minimum Gasteiger partial charge on any atom is -0.467 e. The van der Waals surface area contributed by atoms with Gasteiger partial charge in [-0.2, -0.15) is 0 Å². The van der Waals surface area contributed by atoms with Gasteiger partial charge in [0.05, 0.1) is 12.3 Å². The molecule has 13 heavy (non-hydrogen) atoms. The number of hydrogen-bond donors (Lipinski definition) is 0. The van der Waals surface area contributed by atoms with E-state index in [-0.39, 0.29) is 24.8 Å². The van der Waals surface area contributed by atoms with Crippen LogP contribution < -0.4 is 0 Å². The zero-order valence-electron chi connectivity index (χ0n) is 6.75. The highest BCUT2D eigenvalue weighted by Gasteiger charge is 1.91. The van der Waals surface area contributed by atoms with Gasteiger partial charge in [-0.25, -0.2) is 0 Å². The molecule has 0 radical (unpaired) electrons. The average molecular weight is 225 g/mol. The molecule has 0 aliphatic heterocycles. The molecule has 0 fully saturated rings. The number of nitrogens with zero attached hydrogens (tertiary/aromatic N) is 2. The number of carbonyl (C=O) groups is 1. The summed E-state index contributed by atoms with van der Waals surface area (Å²) >= 11 is 0. The quantitative estimate of drug-likeness (QED) is 0.567. The van der Waals surface area contributed by atoms with Crippen LogP contribution in [0, 0.1) is 0 Å². The number of carbonyl (C=O) groups excluding carboxylic acids is 1. The fraction of sp³-hybridized carbons (Fsp3) is 0.286. The third-order valence-electron chi connectivity index (χ3n) is 1.16. The Morgan fingerprint density at radius 1 is 1.38 bits per heavy atom. The smallest absolute Gasteiger partial charge is 0.293 e. The van der Waals surface area contributed by atoms with Gasteiger partial charge in [0.2, 0.25) is 0 Å². The molecule has 0 spiro atoms. The summed E-state index contributed by atoms with van der Waals surface area (Å²) in [5.74, 6) is 0. The van der Waals surface area contributed by atoms with Crippen molar-refractivity contribution in [1.29, 1.82) is 0 Å². The van der Waals surface area contributed by atoms with Gasteiger partial charge in [0.15, 0.2) is 0 Å². The Labute approximate surface area is 88.5 Å². The fourth-order valence-corrected chi connectivity index (χ4v) is 0.671. The lowest BCUT2D eigenvalue weighted by Crippen LogP contribution is -1.98. The Kier molecular flexibility index (Phi) is 10.4. The van der Waals surface area contributed by atoms with E-state index in [1.54, 1.807) is 18.6 Å². The molecule has 1 rings (SSSR count). The monoisotopic (exact) mass is 224 g/mol. The Balaban J connectivity index is 0. The van der Waals surface area contributed by atoms with Crippen molar-refractivity contribution in [2.24, 2.45) is 0 Å². The Morgan fingerprint density at radius 3 is 2.69 bits per heavy atom. The first kappa shape index (κ1) is 14.6. The SMILES string of the molecule is Cl.Cl.O=COCCc1cnccn1. The van der Waals surface area contributed by atoms with Gasteiger partial charge in [-0.3, -0.25) is 14.8 Å². The fourth-order valence-electron chi connectivity index (χ4n) is 0.671. The maximum Gasteiger partial charge on any atom is 0.293 e. The molecule has 74 valence electrons. The van der Waals surface area contributed by atoms with Crippen LogP contribution in [-0.2, 0) is 16.0 Å². The van der Waals surface area contributed by atoms with Crippen molar-refractivity contribution in [3.63, 3.8) is 0 Å². The van der Waals surface area contributed by atoms with Gasteiger partial charge in [-0.05, 0) is 0 Å². The van der Waals surface area contributed by atoms with E-state index in [1.807, 2.05) is 0 Å². The molecule has 4 nitrogen and oxygen atoms in total. The van der Waals surface area contributed by atoms with Crippen molar-refractivity contribution < 1.29 is 9.53 Å². The lowest BCUT2D eigenvalue weighted by atomic mass is 10.3. The molecule has 6 heteroatoms. The summed E-state index contributed by atoms with van der Waals surface area (Å²) in [5.41, 5.74) is 0.828.